The van der Waals surface area contributed by atoms with E-state index >= 15 is 0 Å². The average Bonchev–Trinajstić information content (AvgIpc) is 2.59. The normalized spacial score (nSPS) is 13.0. The number of para-hydroxylation sites is 1. The Morgan fingerprint density at radius 2 is 2.23 bits per heavy atom. The summed E-state index contributed by atoms with van der Waals surface area (Å²) in [6, 6.07) is 8.21. The van der Waals surface area contributed by atoms with Gasteiger partial charge in [0.15, 0.2) is 0 Å². The molecule has 0 saturated carbocycles. The summed E-state index contributed by atoms with van der Waals surface area (Å²) in [6.07, 6.45) is 1.93. The number of benzene rings is 1. The van der Waals surface area contributed by atoms with Gasteiger partial charge in [-0.15, -0.1) is 17.9 Å². The minimum absolute atomic E-state index is 0.359. The Kier molecular flexibility index (Phi) is 2.15. The predicted octanol–water partition coefficient (Wildman–Crippen LogP) is 3.59. The number of allylic oxidation sites excluding steroid dienone is 1. The maximum absolute atomic E-state index is 4.53. The van der Waals surface area contributed by atoms with Crippen molar-refractivity contribution in [3.63, 3.8) is 0 Å². The fraction of sp³-hybridized carbons (Fsp3) is 0.182. The highest BCUT2D eigenvalue weighted by molar-refractivity contribution is 7.18. The predicted molar refractivity (Wildman–Crippen MR) is 58.2 cm³/mol. The third kappa shape index (κ3) is 1.49. The van der Waals surface area contributed by atoms with Crippen molar-refractivity contribution >= 4 is 21.6 Å². The molecular formula is C11H11NS. The monoisotopic (exact) mass is 189 g/mol. The molecule has 66 valence electrons. The van der Waals surface area contributed by atoms with Gasteiger partial charge >= 0.3 is 0 Å². The van der Waals surface area contributed by atoms with Gasteiger partial charge in [0.1, 0.15) is 5.01 Å². The highest BCUT2D eigenvalue weighted by Crippen LogP contribution is 2.27. The summed E-state index contributed by atoms with van der Waals surface area (Å²) >= 11 is 1.75. The van der Waals surface area contributed by atoms with E-state index in [-0.39, 0.29) is 0 Å². The van der Waals surface area contributed by atoms with Crippen molar-refractivity contribution in [3.05, 3.63) is 41.9 Å². The zero-order valence-corrected chi connectivity index (χ0v) is 8.34. The molecule has 0 amide bonds. The van der Waals surface area contributed by atoms with Crippen molar-refractivity contribution in [1.82, 2.24) is 4.98 Å². The second-order valence-electron chi connectivity index (χ2n) is 3.04. The second-order valence-corrected chi connectivity index (χ2v) is 4.11. The first kappa shape index (κ1) is 8.45. The van der Waals surface area contributed by atoms with Gasteiger partial charge < -0.3 is 0 Å². The van der Waals surface area contributed by atoms with Gasteiger partial charge in [-0.2, -0.15) is 0 Å². The lowest BCUT2D eigenvalue weighted by Crippen LogP contribution is -1.84. The van der Waals surface area contributed by atoms with Crippen LogP contribution in [0.15, 0.2) is 36.9 Å². The number of thiazole rings is 1. The molecule has 0 bridgehead atoms. The summed E-state index contributed by atoms with van der Waals surface area (Å²) < 4.78 is 1.26. The van der Waals surface area contributed by atoms with E-state index in [2.05, 4.69) is 24.6 Å². The van der Waals surface area contributed by atoms with Gasteiger partial charge in [0.05, 0.1) is 10.2 Å². The van der Waals surface area contributed by atoms with Gasteiger partial charge in [-0.3, -0.25) is 0 Å². The van der Waals surface area contributed by atoms with Crippen LogP contribution in [-0.2, 0) is 0 Å². The van der Waals surface area contributed by atoms with Crippen molar-refractivity contribution < 1.29 is 0 Å². The van der Waals surface area contributed by atoms with Crippen LogP contribution < -0.4 is 0 Å². The number of rotatable bonds is 2. The van der Waals surface area contributed by atoms with E-state index in [1.54, 1.807) is 11.3 Å². The number of hydrogen-bond donors (Lipinski definition) is 0. The van der Waals surface area contributed by atoms with Gasteiger partial charge in [0, 0.05) is 5.92 Å². The molecule has 1 heterocycles. The molecule has 0 spiro atoms. The molecule has 0 aliphatic rings. The molecule has 2 rings (SSSR count). The van der Waals surface area contributed by atoms with Gasteiger partial charge in [-0.25, -0.2) is 4.98 Å². The minimum atomic E-state index is 0.359. The van der Waals surface area contributed by atoms with Crippen LogP contribution in [-0.4, -0.2) is 4.98 Å². The molecule has 0 aliphatic carbocycles. The Morgan fingerprint density at radius 1 is 1.46 bits per heavy atom. The largest absolute Gasteiger partial charge is 0.241 e. The van der Waals surface area contributed by atoms with Crippen molar-refractivity contribution in [2.75, 3.05) is 0 Å². The third-order valence-electron chi connectivity index (χ3n) is 2.05. The first-order valence-corrected chi connectivity index (χ1v) is 5.11. The average molecular weight is 189 g/mol. The lowest BCUT2D eigenvalue weighted by Gasteiger charge is -1.96. The summed E-state index contributed by atoms with van der Waals surface area (Å²) in [5.41, 5.74) is 1.09. The van der Waals surface area contributed by atoms with E-state index in [0.29, 0.717) is 5.92 Å². The van der Waals surface area contributed by atoms with E-state index in [1.165, 1.54) is 4.70 Å². The van der Waals surface area contributed by atoms with Gasteiger partial charge in [0.25, 0.3) is 0 Å². The van der Waals surface area contributed by atoms with E-state index in [1.807, 2.05) is 24.3 Å². The molecule has 0 radical (unpaired) electrons. The lowest BCUT2D eigenvalue weighted by molar-refractivity contribution is 0.955. The van der Waals surface area contributed by atoms with Gasteiger partial charge in [-0.1, -0.05) is 25.1 Å². The van der Waals surface area contributed by atoms with Crippen molar-refractivity contribution in [1.29, 1.82) is 0 Å². The molecule has 0 fully saturated rings. The van der Waals surface area contributed by atoms with Crippen LogP contribution in [0.2, 0.25) is 0 Å². The van der Waals surface area contributed by atoms with Crippen LogP contribution in [0.1, 0.15) is 17.8 Å². The highest BCUT2D eigenvalue weighted by atomic mass is 32.1. The van der Waals surface area contributed by atoms with Crippen LogP contribution in [0.4, 0.5) is 0 Å². The topological polar surface area (TPSA) is 12.9 Å². The summed E-state index contributed by atoms with van der Waals surface area (Å²) in [6.45, 7) is 5.89. The number of aromatic nitrogens is 1. The minimum Gasteiger partial charge on any atom is -0.241 e. The Balaban J connectivity index is 2.55. The number of fused-ring (bicyclic) bond motifs is 1. The van der Waals surface area contributed by atoms with E-state index < -0.39 is 0 Å². The van der Waals surface area contributed by atoms with Crippen LogP contribution in [0.3, 0.4) is 0 Å². The van der Waals surface area contributed by atoms with E-state index in [0.717, 1.165) is 10.5 Å². The molecule has 0 N–H and O–H groups in total. The highest BCUT2D eigenvalue weighted by Gasteiger charge is 2.06. The zero-order valence-electron chi connectivity index (χ0n) is 7.53. The number of nitrogens with zero attached hydrogens (tertiary/aromatic N) is 1. The van der Waals surface area contributed by atoms with Crippen molar-refractivity contribution in [2.45, 2.75) is 12.8 Å². The maximum atomic E-state index is 4.53. The molecule has 2 heteroatoms. The third-order valence-corrected chi connectivity index (χ3v) is 3.29. The summed E-state index contributed by atoms with van der Waals surface area (Å²) in [5, 5.41) is 1.15. The van der Waals surface area contributed by atoms with E-state index in [9.17, 15) is 0 Å². The smallest absolute Gasteiger partial charge is 0.100 e. The molecule has 1 atom stereocenters. The van der Waals surface area contributed by atoms with Crippen LogP contribution in [0.25, 0.3) is 10.2 Å². The van der Waals surface area contributed by atoms with Crippen LogP contribution in [0.5, 0.6) is 0 Å². The molecule has 13 heavy (non-hydrogen) atoms. The fourth-order valence-corrected chi connectivity index (χ4v) is 2.20. The molecule has 1 aromatic carbocycles. The Hall–Kier alpha value is -1.15. The maximum Gasteiger partial charge on any atom is 0.100 e. The summed E-state index contributed by atoms with van der Waals surface area (Å²) in [5.74, 6) is 0.359. The number of hydrogen-bond acceptors (Lipinski definition) is 2. The zero-order chi connectivity index (χ0) is 9.26. The molecular weight excluding hydrogens is 178 g/mol. The standard InChI is InChI=1S/C11H11NS/c1-3-8(2)11-12-9-6-4-5-7-10(9)13-11/h3-8H,1H2,2H3/t8-/m0/s1. The van der Waals surface area contributed by atoms with Crippen molar-refractivity contribution in [2.24, 2.45) is 0 Å². The Bertz CT molecular complexity index is 397. The van der Waals surface area contributed by atoms with Gasteiger partial charge in [-0.05, 0) is 12.1 Å². The Morgan fingerprint density at radius 3 is 2.92 bits per heavy atom. The summed E-state index contributed by atoms with van der Waals surface area (Å²) in [4.78, 5) is 4.53. The molecule has 0 unspecified atom stereocenters. The van der Waals surface area contributed by atoms with Crippen LogP contribution in [0, 0.1) is 0 Å². The van der Waals surface area contributed by atoms with Crippen LogP contribution >= 0.6 is 11.3 Å². The van der Waals surface area contributed by atoms with Crippen molar-refractivity contribution in [3.8, 4) is 0 Å². The molecule has 1 nitrogen and oxygen atoms in total. The summed E-state index contributed by atoms with van der Waals surface area (Å²) in [7, 11) is 0. The second kappa shape index (κ2) is 3.30. The lowest BCUT2D eigenvalue weighted by atomic mass is 10.2. The molecule has 1 aromatic heterocycles. The van der Waals surface area contributed by atoms with Gasteiger partial charge in [0.2, 0.25) is 0 Å². The fourth-order valence-electron chi connectivity index (χ4n) is 1.19. The molecule has 0 aliphatic heterocycles. The Labute approximate surface area is 81.7 Å². The SMILES string of the molecule is C=C[C@H](C)c1nc2ccccc2s1. The first-order valence-electron chi connectivity index (χ1n) is 4.29. The quantitative estimate of drug-likeness (QED) is 0.658. The molecule has 2 aromatic rings. The first-order chi connectivity index (χ1) is 6.31. The molecule has 0 saturated heterocycles. The van der Waals surface area contributed by atoms with E-state index in [4.69, 9.17) is 0 Å².